The summed E-state index contributed by atoms with van der Waals surface area (Å²) in [6.07, 6.45) is 0. The summed E-state index contributed by atoms with van der Waals surface area (Å²) in [6, 6.07) is 24.3. The van der Waals surface area contributed by atoms with E-state index < -0.39 is 0 Å². The maximum absolute atomic E-state index is 13.6. The van der Waals surface area contributed by atoms with E-state index in [1.54, 1.807) is 18.2 Å². The predicted molar refractivity (Wildman–Crippen MR) is 121 cm³/mol. The lowest BCUT2D eigenvalue weighted by atomic mass is 10.0. The number of hydrogen-bond donors (Lipinski definition) is 0. The molecule has 32 heavy (non-hydrogen) atoms. The number of ether oxygens (including phenoxy) is 2. The van der Waals surface area contributed by atoms with Crippen molar-refractivity contribution in [3.8, 4) is 11.5 Å². The lowest BCUT2D eigenvalue weighted by Crippen LogP contribution is -2.34. The minimum absolute atomic E-state index is 0.354. The maximum atomic E-state index is 13.6. The zero-order chi connectivity index (χ0) is 22.1. The van der Waals surface area contributed by atoms with E-state index in [4.69, 9.17) is 9.47 Å². The highest BCUT2D eigenvalue weighted by molar-refractivity contribution is 6.45. The number of benzene rings is 3. The molecule has 3 aromatic rings. The van der Waals surface area contributed by atoms with Crippen LogP contribution in [0.2, 0.25) is 0 Å². The van der Waals surface area contributed by atoms with Gasteiger partial charge in [-0.1, -0.05) is 60.7 Å². The molecule has 2 aliphatic heterocycles. The van der Waals surface area contributed by atoms with Gasteiger partial charge in [-0.3, -0.25) is 9.59 Å². The third-order valence-electron chi connectivity index (χ3n) is 5.55. The van der Waals surface area contributed by atoms with Crippen molar-refractivity contribution in [1.82, 2.24) is 4.90 Å². The van der Waals surface area contributed by atoms with Gasteiger partial charge >= 0.3 is 0 Å². The number of anilines is 1. The number of likely N-dealkylation sites (N-methyl/N-ethyl adjacent to an activating group) is 1. The Morgan fingerprint density at radius 1 is 0.812 bits per heavy atom. The van der Waals surface area contributed by atoms with Crippen LogP contribution < -0.4 is 14.4 Å². The summed E-state index contributed by atoms with van der Waals surface area (Å²) in [5.74, 6) is 0.426. The molecule has 5 rings (SSSR count). The van der Waals surface area contributed by atoms with Crippen LogP contribution in [0, 0.1) is 0 Å². The van der Waals surface area contributed by atoms with Gasteiger partial charge in [0.25, 0.3) is 11.8 Å². The summed E-state index contributed by atoms with van der Waals surface area (Å²) in [6.45, 7) is 1.40. The highest BCUT2D eigenvalue weighted by Crippen LogP contribution is 2.39. The second kappa shape index (κ2) is 8.23. The molecule has 2 aliphatic rings. The molecule has 0 radical (unpaired) electrons. The quantitative estimate of drug-likeness (QED) is 0.580. The van der Waals surface area contributed by atoms with E-state index >= 15 is 0 Å². The van der Waals surface area contributed by atoms with Crippen LogP contribution in [-0.2, 0) is 16.1 Å². The predicted octanol–water partition coefficient (Wildman–Crippen LogP) is 3.87. The van der Waals surface area contributed by atoms with Crippen LogP contribution in [0.1, 0.15) is 11.1 Å². The normalized spacial score (nSPS) is 15.3. The molecule has 6 nitrogen and oxygen atoms in total. The van der Waals surface area contributed by atoms with Crippen molar-refractivity contribution in [2.75, 3.05) is 25.2 Å². The van der Waals surface area contributed by atoms with Gasteiger partial charge in [0, 0.05) is 19.7 Å². The summed E-state index contributed by atoms with van der Waals surface area (Å²) < 4.78 is 11.2. The first-order chi connectivity index (χ1) is 15.6. The minimum Gasteiger partial charge on any atom is -0.486 e. The number of carbonyl (C=O) groups excluding carboxylic acids is 2. The van der Waals surface area contributed by atoms with E-state index in [9.17, 15) is 9.59 Å². The molecule has 6 heteroatoms. The van der Waals surface area contributed by atoms with Gasteiger partial charge in [-0.05, 0) is 23.3 Å². The lowest BCUT2D eigenvalue weighted by Gasteiger charge is -2.23. The van der Waals surface area contributed by atoms with Crippen molar-refractivity contribution in [2.24, 2.45) is 0 Å². The molecule has 0 saturated carbocycles. The van der Waals surface area contributed by atoms with E-state index in [0.717, 1.165) is 5.56 Å². The number of fused-ring (bicyclic) bond motifs is 1. The Morgan fingerprint density at radius 2 is 1.47 bits per heavy atom. The van der Waals surface area contributed by atoms with Crippen LogP contribution in [0.15, 0.2) is 84.6 Å². The standard InChI is InChI=1S/C26H22N2O4/c1-27(17-18-8-4-2-5-9-18)24-23(19-10-6-3-7-11-19)25(29)28(26(24)30)20-12-13-21-22(16-20)32-15-14-31-21/h2-13,16H,14-15,17H2,1H3. The number of imide groups is 1. The number of nitrogens with zero attached hydrogens (tertiary/aromatic N) is 2. The fourth-order valence-corrected chi connectivity index (χ4v) is 4.08. The molecule has 160 valence electrons. The summed E-state index contributed by atoms with van der Waals surface area (Å²) in [5.41, 5.74) is 2.98. The Balaban J connectivity index is 1.56. The fraction of sp³-hybridized carbons (Fsp3) is 0.154. The van der Waals surface area contributed by atoms with Crippen LogP contribution in [0.4, 0.5) is 5.69 Å². The monoisotopic (exact) mass is 426 g/mol. The number of carbonyl (C=O) groups is 2. The molecule has 3 aromatic carbocycles. The van der Waals surface area contributed by atoms with Crippen molar-refractivity contribution in [3.05, 3.63) is 95.7 Å². The third kappa shape index (κ3) is 3.50. The van der Waals surface area contributed by atoms with E-state index in [1.807, 2.05) is 72.6 Å². The van der Waals surface area contributed by atoms with E-state index in [0.29, 0.717) is 53.8 Å². The molecule has 0 unspecified atom stereocenters. The highest BCUT2D eigenvalue weighted by atomic mass is 16.6. The van der Waals surface area contributed by atoms with Gasteiger partial charge in [-0.15, -0.1) is 0 Å². The van der Waals surface area contributed by atoms with Crippen molar-refractivity contribution in [2.45, 2.75) is 6.54 Å². The minimum atomic E-state index is -0.357. The summed E-state index contributed by atoms with van der Waals surface area (Å²) in [7, 11) is 1.84. The first kappa shape index (κ1) is 19.9. The van der Waals surface area contributed by atoms with Gasteiger partial charge in [0.2, 0.25) is 0 Å². The molecule has 0 bridgehead atoms. The average molecular weight is 426 g/mol. The van der Waals surface area contributed by atoms with Crippen molar-refractivity contribution in [3.63, 3.8) is 0 Å². The fourth-order valence-electron chi connectivity index (χ4n) is 4.08. The molecule has 0 saturated heterocycles. The van der Waals surface area contributed by atoms with Crippen LogP contribution in [-0.4, -0.2) is 37.0 Å². The molecular formula is C26H22N2O4. The van der Waals surface area contributed by atoms with Crippen LogP contribution in [0.25, 0.3) is 5.57 Å². The Morgan fingerprint density at radius 3 is 2.19 bits per heavy atom. The topological polar surface area (TPSA) is 59.1 Å². The molecule has 0 atom stereocenters. The second-order valence-electron chi connectivity index (χ2n) is 7.70. The number of rotatable bonds is 5. The Labute approximate surface area is 186 Å². The summed E-state index contributed by atoms with van der Waals surface area (Å²) >= 11 is 0. The molecule has 0 fully saturated rings. The third-order valence-corrected chi connectivity index (χ3v) is 5.55. The van der Waals surface area contributed by atoms with Gasteiger partial charge in [0.15, 0.2) is 11.5 Å². The van der Waals surface area contributed by atoms with Crippen molar-refractivity contribution >= 4 is 23.1 Å². The Bertz CT molecular complexity index is 1210. The van der Waals surface area contributed by atoms with Crippen LogP contribution in [0.5, 0.6) is 11.5 Å². The van der Waals surface area contributed by atoms with Crippen LogP contribution in [0.3, 0.4) is 0 Å². The largest absolute Gasteiger partial charge is 0.486 e. The molecule has 2 amide bonds. The van der Waals surface area contributed by atoms with Crippen molar-refractivity contribution < 1.29 is 19.1 Å². The lowest BCUT2D eigenvalue weighted by molar-refractivity contribution is -0.120. The van der Waals surface area contributed by atoms with Gasteiger partial charge in [-0.25, -0.2) is 4.90 Å². The second-order valence-corrected chi connectivity index (χ2v) is 7.70. The van der Waals surface area contributed by atoms with Gasteiger partial charge < -0.3 is 14.4 Å². The van der Waals surface area contributed by atoms with Gasteiger partial charge in [-0.2, -0.15) is 0 Å². The molecule has 0 aliphatic carbocycles. The van der Waals surface area contributed by atoms with E-state index in [1.165, 1.54) is 4.90 Å². The number of hydrogen-bond acceptors (Lipinski definition) is 5. The van der Waals surface area contributed by atoms with E-state index in [2.05, 4.69) is 0 Å². The first-order valence-electron chi connectivity index (χ1n) is 10.5. The maximum Gasteiger partial charge on any atom is 0.282 e. The van der Waals surface area contributed by atoms with Gasteiger partial charge in [0.05, 0.1) is 11.3 Å². The molecule has 0 N–H and O–H groups in total. The van der Waals surface area contributed by atoms with Crippen molar-refractivity contribution in [1.29, 1.82) is 0 Å². The van der Waals surface area contributed by atoms with Gasteiger partial charge in [0.1, 0.15) is 18.9 Å². The SMILES string of the molecule is CN(Cc1ccccc1)C1=C(c2ccccc2)C(=O)N(c2ccc3c(c2)OCCO3)C1=O. The molecule has 0 aromatic heterocycles. The Kier molecular flexibility index (Phi) is 5.11. The molecule has 0 spiro atoms. The molecule has 2 heterocycles. The number of amides is 2. The zero-order valence-corrected chi connectivity index (χ0v) is 17.7. The van der Waals surface area contributed by atoms with E-state index in [-0.39, 0.29) is 11.8 Å². The zero-order valence-electron chi connectivity index (χ0n) is 17.7. The highest BCUT2D eigenvalue weighted by Gasteiger charge is 2.42. The Hall–Kier alpha value is -4.06. The smallest absolute Gasteiger partial charge is 0.282 e. The summed E-state index contributed by atoms with van der Waals surface area (Å²) in [5, 5.41) is 0. The van der Waals surface area contributed by atoms with Crippen LogP contribution >= 0.6 is 0 Å². The molecular weight excluding hydrogens is 404 g/mol. The summed E-state index contributed by atoms with van der Waals surface area (Å²) in [4.78, 5) is 30.3. The first-order valence-corrected chi connectivity index (χ1v) is 10.5. The average Bonchev–Trinajstić information content (AvgIpc) is 3.10.